The molecule has 0 saturated heterocycles. The molecule has 1 aromatic rings. The Morgan fingerprint density at radius 1 is 1.37 bits per heavy atom. The lowest BCUT2D eigenvalue weighted by atomic mass is 10.3. The molecule has 0 aromatic heterocycles. The van der Waals surface area contributed by atoms with Gasteiger partial charge in [0.15, 0.2) is 5.11 Å². The summed E-state index contributed by atoms with van der Waals surface area (Å²) in [7, 11) is 4.13. The molecule has 0 aliphatic heterocycles. The summed E-state index contributed by atoms with van der Waals surface area (Å²) >= 11 is 5.25. The van der Waals surface area contributed by atoms with Crippen LogP contribution in [-0.4, -0.2) is 43.8 Å². The molecular weight excluding hydrogens is 258 g/mol. The number of benzene rings is 1. The first kappa shape index (κ1) is 15.7. The van der Waals surface area contributed by atoms with Crippen LogP contribution in [0.4, 0.5) is 5.69 Å². The molecule has 0 spiro atoms. The van der Waals surface area contributed by atoms with Crippen molar-refractivity contribution in [3.05, 3.63) is 24.3 Å². The Hall–Kier alpha value is -1.33. The number of thiocarbonyl (C=S) groups is 1. The van der Waals surface area contributed by atoms with Gasteiger partial charge in [0.05, 0.1) is 6.61 Å². The second kappa shape index (κ2) is 8.72. The topological polar surface area (TPSA) is 36.5 Å². The van der Waals surface area contributed by atoms with Gasteiger partial charge in [0.1, 0.15) is 5.75 Å². The van der Waals surface area contributed by atoms with Crippen LogP contribution in [0.15, 0.2) is 24.3 Å². The van der Waals surface area contributed by atoms with Crippen molar-refractivity contribution >= 4 is 23.0 Å². The van der Waals surface area contributed by atoms with E-state index in [4.69, 9.17) is 17.0 Å². The lowest BCUT2D eigenvalue weighted by molar-refractivity contribution is 0.340. The van der Waals surface area contributed by atoms with Crippen molar-refractivity contribution in [3.63, 3.8) is 0 Å². The Balaban J connectivity index is 2.33. The average Bonchev–Trinajstić information content (AvgIpc) is 2.35. The van der Waals surface area contributed by atoms with Gasteiger partial charge in [-0.15, -0.1) is 0 Å². The highest BCUT2D eigenvalue weighted by Crippen LogP contribution is 2.16. The van der Waals surface area contributed by atoms with Gasteiger partial charge in [0, 0.05) is 18.3 Å². The maximum atomic E-state index is 5.44. The van der Waals surface area contributed by atoms with E-state index >= 15 is 0 Å². The molecule has 2 N–H and O–H groups in total. The molecule has 0 atom stereocenters. The molecule has 0 unspecified atom stereocenters. The molecule has 0 amide bonds. The summed E-state index contributed by atoms with van der Waals surface area (Å²) in [6, 6.07) is 7.79. The van der Waals surface area contributed by atoms with Crippen molar-refractivity contribution in [1.82, 2.24) is 10.2 Å². The smallest absolute Gasteiger partial charge is 0.170 e. The third-order valence-corrected chi connectivity index (χ3v) is 2.72. The maximum absolute atomic E-state index is 5.44. The first-order valence-corrected chi connectivity index (χ1v) is 6.95. The molecule has 0 aliphatic rings. The van der Waals surface area contributed by atoms with Gasteiger partial charge in [-0.1, -0.05) is 6.07 Å². The van der Waals surface area contributed by atoms with Crippen LogP contribution < -0.4 is 15.4 Å². The molecule has 0 heterocycles. The Morgan fingerprint density at radius 3 is 2.84 bits per heavy atom. The van der Waals surface area contributed by atoms with Crippen molar-refractivity contribution in [3.8, 4) is 5.75 Å². The van der Waals surface area contributed by atoms with E-state index in [-0.39, 0.29) is 0 Å². The molecule has 1 rings (SSSR count). The number of anilines is 1. The predicted octanol–water partition coefficient (Wildman–Crippen LogP) is 2.32. The number of hydrogen-bond donors (Lipinski definition) is 2. The molecule has 4 nitrogen and oxygen atoms in total. The molecule has 0 bridgehead atoms. The van der Waals surface area contributed by atoms with Crippen LogP contribution in [-0.2, 0) is 0 Å². The van der Waals surface area contributed by atoms with E-state index in [1.54, 1.807) is 0 Å². The predicted molar refractivity (Wildman–Crippen MR) is 85.0 cm³/mol. The molecule has 5 heteroatoms. The molecule has 106 valence electrons. The van der Waals surface area contributed by atoms with Gasteiger partial charge in [-0.05, 0) is 58.3 Å². The summed E-state index contributed by atoms with van der Waals surface area (Å²) in [4.78, 5) is 2.16. The Morgan fingerprint density at radius 2 is 2.16 bits per heavy atom. The van der Waals surface area contributed by atoms with Gasteiger partial charge >= 0.3 is 0 Å². The fourth-order valence-corrected chi connectivity index (χ4v) is 1.82. The zero-order valence-corrected chi connectivity index (χ0v) is 12.7. The first-order valence-electron chi connectivity index (χ1n) is 6.54. The monoisotopic (exact) mass is 281 g/mol. The van der Waals surface area contributed by atoms with Crippen molar-refractivity contribution in [1.29, 1.82) is 0 Å². The molecule has 19 heavy (non-hydrogen) atoms. The van der Waals surface area contributed by atoms with E-state index < -0.39 is 0 Å². The summed E-state index contributed by atoms with van der Waals surface area (Å²) in [5, 5.41) is 6.99. The number of rotatable bonds is 7. The minimum absolute atomic E-state index is 0.646. The Kier molecular flexibility index (Phi) is 7.22. The largest absolute Gasteiger partial charge is 0.494 e. The summed E-state index contributed by atoms with van der Waals surface area (Å²) in [6.07, 6.45) is 1.06. The minimum atomic E-state index is 0.646. The quantitative estimate of drug-likeness (QED) is 0.592. The van der Waals surface area contributed by atoms with Gasteiger partial charge < -0.3 is 20.3 Å². The van der Waals surface area contributed by atoms with E-state index in [9.17, 15) is 0 Å². The molecule has 1 aromatic carbocycles. The second-order valence-electron chi connectivity index (χ2n) is 4.50. The lowest BCUT2D eigenvalue weighted by Gasteiger charge is -2.13. The summed E-state index contributed by atoms with van der Waals surface area (Å²) in [5.41, 5.74) is 0.941. The van der Waals surface area contributed by atoms with Crippen LogP contribution in [0.5, 0.6) is 5.75 Å². The third kappa shape index (κ3) is 6.98. The second-order valence-corrected chi connectivity index (χ2v) is 4.91. The van der Waals surface area contributed by atoms with E-state index in [1.165, 1.54) is 0 Å². The fraction of sp³-hybridized carbons (Fsp3) is 0.500. The highest BCUT2D eigenvalue weighted by Gasteiger charge is 1.99. The van der Waals surface area contributed by atoms with Crippen molar-refractivity contribution in [2.75, 3.05) is 39.1 Å². The van der Waals surface area contributed by atoms with Gasteiger partial charge in [-0.3, -0.25) is 0 Å². The molecule has 0 saturated carbocycles. The summed E-state index contributed by atoms with van der Waals surface area (Å²) in [5.74, 6) is 0.850. The van der Waals surface area contributed by atoms with Crippen molar-refractivity contribution in [2.24, 2.45) is 0 Å². The van der Waals surface area contributed by atoms with E-state index in [2.05, 4.69) is 29.6 Å². The number of nitrogens with one attached hydrogen (secondary N) is 2. The summed E-state index contributed by atoms with van der Waals surface area (Å²) in [6.45, 7) is 4.55. The van der Waals surface area contributed by atoms with Crippen LogP contribution in [0.3, 0.4) is 0 Å². The first-order chi connectivity index (χ1) is 9.11. The normalized spacial score (nSPS) is 10.3. The van der Waals surface area contributed by atoms with Gasteiger partial charge in [-0.25, -0.2) is 0 Å². The lowest BCUT2D eigenvalue weighted by Crippen LogP contribution is -2.30. The van der Waals surface area contributed by atoms with Crippen molar-refractivity contribution < 1.29 is 4.74 Å². The van der Waals surface area contributed by atoms with Crippen molar-refractivity contribution in [2.45, 2.75) is 13.3 Å². The van der Waals surface area contributed by atoms with E-state index in [1.807, 2.05) is 31.2 Å². The van der Waals surface area contributed by atoms with E-state index in [0.29, 0.717) is 11.7 Å². The highest BCUT2D eigenvalue weighted by molar-refractivity contribution is 7.80. The summed E-state index contributed by atoms with van der Waals surface area (Å²) < 4.78 is 5.44. The molecule has 0 aliphatic carbocycles. The zero-order valence-electron chi connectivity index (χ0n) is 11.9. The van der Waals surface area contributed by atoms with Crippen LogP contribution in [0.2, 0.25) is 0 Å². The van der Waals surface area contributed by atoms with Gasteiger partial charge in [-0.2, -0.15) is 0 Å². The number of nitrogens with zero attached hydrogens (tertiary/aromatic N) is 1. The Bertz CT molecular complexity index is 396. The van der Waals surface area contributed by atoms with Crippen LogP contribution in [0, 0.1) is 0 Å². The van der Waals surface area contributed by atoms with Crippen LogP contribution in [0.25, 0.3) is 0 Å². The van der Waals surface area contributed by atoms with Gasteiger partial charge in [0.2, 0.25) is 0 Å². The third-order valence-electron chi connectivity index (χ3n) is 2.47. The number of ether oxygens (including phenoxy) is 1. The highest BCUT2D eigenvalue weighted by atomic mass is 32.1. The Labute approximate surface area is 121 Å². The standard InChI is InChI=1S/C14H23N3OS/c1-4-18-13-8-5-7-12(11-13)16-14(19)15-9-6-10-17(2)3/h5,7-8,11H,4,6,9-10H2,1-3H3,(H2,15,16,19). The zero-order chi connectivity index (χ0) is 14.1. The van der Waals surface area contributed by atoms with E-state index in [0.717, 1.165) is 30.9 Å². The molecule has 0 radical (unpaired) electrons. The SMILES string of the molecule is CCOc1cccc(NC(=S)NCCCN(C)C)c1. The average molecular weight is 281 g/mol. The van der Waals surface area contributed by atoms with Crippen LogP contribution in [0.1, 0.15) is 13.3 Å². The number of hydrogen-bond acceptors (Lipinski definition) is 3. The fourth-order valence-electron chi connectivity index (χ4n) is 1.60. The van der Waals surface area contributed by atoms with Crippen LogP contribution >= 0.6 is 12.2 Å². The molecule has 0 fully saturated rings. The molecular formula is C14H23N3OS. The van der Waals surface area contributed by atoms with Gasteiger partial charge in [0.25, 0.3) is 0 Å². The minimum Gasteiger partial charge on any atom is -0.494 e. The maximum Gasteiger partial charge on any atom is 0.170 e.